The molecule has 0 saturated carbocycles. The fourth-order valence-electron chi connectivity index (χ4n) is 2.55. The van der Waals surface area contributed by atoms with Crippen LogP contribution in [0.3, 0.4) is 0 Å². The Morgan fingerprint density at radius 3 is 2.81 bits per heavy atom. The summed E-state index contributed by atoms with van der Waals surface area (Å²) in [5, 5.41) is 5.73. The molecule has 6 nitrogen and oxygen atoms in total. The van der Waals surface area contributed by atoms with Crippen molar-refractivity contribution in [2.45, 2.75) is 44.4 Å². The molecule has 2 heterocycles. The van der Waals surface area contributed by atoms with Crippen molar-refractivity contribution in [2.75, 3.05) is 20.3 Å². The van der Waals surface area contributed by atoms with Gasteiger partial charge in [0.15, 0.2) is 5.82 Å². The number of rotatable bonds is 8. The van der Waals surface area contributed by atoms with Crippen molar-refractivity contribution in [1.29, 1.82) is 0 Å². The van der Waals surface area contributed by atoms with E-state index in [9.17, 15) is 22.4 Å². The smallest absolute Gasteiger partial charge is 0.389 e. The normalized spacial score (nSPS) is 17.2. The number of ether oxygens (including phenoxy) is 2. The summed E-state index contributed by atoms with van der Waals surface area (Å²) in [4.78, 5) is 15.8. The largest absolute Gasteiger partial charge is 0.481 e. The third kappa shape index (κ3) is 6.01. The van der Waals surface area contributed by atoms with E-state index in [1.807, 2.05) is 0 Å². The summed E-state index contributed by atoms with van der Waals surface area (Å²) >= 11 is 0. The zero-order valence-corrected chi connectivity index (χ0v) is 14.3. The molecule has 1 unspecified atom stereocenters. The van der Waals surface area contributed by atoms with E-state index in [1.165, 1.54) is 7.11 Å². The van der Waals surface area contributed by atoms with Crippen LogP contribution in [0, 0.1) is 5.82 Å². The lowest BCUT2D eigenvalue weighted by molar-refractivity contribution is -0.136. The van der Waals surface area contributed by atoms with E-state index in [4.69, 9.17) is 9.47 Å². The number of pyridine rings is 1. The maximum atomic E-state index is 14.1. The van der Waals surface area contributed by atoms with Crippen molar-refractivity contribution in [2.24, 2.45) is 0 Å². The molecule has 26 heavy (non-hydrogen) atoms. The fourth-order valence-corrected chi connectivity index (χ4v) is 2.55. The monoisotopic (exact) mass is 379 g/mol. The van der Waals surface area contributed by atoms with Crippen molar-refractivity contribution < 1.29 is 31.8 Å². The first-order valence-corrected chi connectivity index (χ1v) is 8.24. The second-order valence-electron chi connectivity index (χ2n) is 5.88. The van der Waals surface area contributed by atoms with Crippen molar-refractivity contribution in [1.82, 2.24) is 15.6 Å². The van der Waals surface area contributed by atoms with Gasteiger partial charge in [0.2, 0.25) is 11.8 Å². The van der Waals surface area contributed by atoms with Gasteiger partial charge in [-0.15, -0.1) is 0 Å². The molecule has 1 amide bonds. The molecule has 1 aliphatic rings. The number of carbonyl (C=O) groups is 1. The number of aromatic nitrogens is 1. The van der Waals surface area contributed by atoms with Crippen molar-refractivity contribution in [3.05, 3.63) is 17.4 Å². The van der Waals surface area contributed by atoms with E-state index in [1.54, 1.807) is 0 Å². The predicted octanol–water partition coefficient (Wildman–Crippen LogP) is 2.32. The molecule has 0 radical (unpaired) electrons. The highest BCUT2D eigenvalue weighted by atomic mass is 19.4. The molecule has 1 fully saturated rings. The highest BCUT2D eigenvalue weighted by Crippen LogP contribution is 2.25. The van der Waals surface area contributed by atoms with Gasteiger partial charge in [-0.25, -0.2) is 4.39 Å². The van der Waals surface area contributed by atoms with Gasteiger partial charge in [0, 0.05) is 18.5 Å². The van der Waals surface area contributed by atoms with E-state index in [-0.39, 0.29) is 37.4 Å². The molecule has 1 aromatic heterocycles. The number of carbonyl (C=O) groups excluding carboxylic acids is 1. The molecule has 10 heteroatoms. The molecule has 1 atom stereocenters. The first-order chi connectivity index (χ1) is 12.3. The number of nitrogens with zero attached hydrogens (tertiary/aromatic N) is 1. The average Bonchev–Trinajstić information content (AvgIpc) is 3.11. The van der Waals surface area contributed by atoms with Crippen LogP contribution in [0.15, 0.2) is 6.07 Å². The number of methoxy groups -OCH3 is 1. The van der Waals surface area contributed by atoms with Gasteiger partial charge < -0.3 is 20.1 Å². The Balaban J connectivity index is 1.93. The summed E-state index contributed by atoms with van der Waals surface area (Å²) in [6, 6.07) is 0.822. The van der Waals surface area contributed by atoms with Gasteiger partial charge >= 0.3 is 6.18 Å². The lowest BCUT2D eigenvalue weighted by atomic mass is 10.2. The average molecular weight is 379 g/mol. The molecule has 1 aliphatic heterocycles. The SMILES string of the molecule is COc1nc(OCCCC(F)(F)F)c(F)cc1CNC(=O)C1CCCN1. The van der Waals surface area contributed by atoms with Crippen LogP contribution < -0.4 is 20.1 Å². The molecule has 1 aromatic rings. The zero-order chi connectivity index (χ0) is 19.2. The van der Waals surface area contributed by atoms with Crippen LogP contribution >= 0.6 is 0 Å². The Bertz CT molecular complexity index is 619. The van der Waals surface area contributed by atoms with Gasteiger partial charge in [-0.05, 0) is 31.9 Å². The third-order valence-corrected chi connectivity index (χ3v) is 3.85. The Labute approximate surface area is 148 Å². The molecule has 0 aromatic carbocycles. The predicted molar refractivity (Wildman–Crippen MR) is 84.4 cm³/mol. The number of nitrogens with one attached hydrogen (secondary N) is 2. The minimum absolute atomic E-state index is 0.0124. The Hall–Kier alpha value is -2.10. The van der Waals surface area contributed by atoms with Crippen LogP contribution in [0.4, 0.5) is 17.6 Å². The second-order valence-corrected chi connectivity index (χ2v) is 5.88. The number of hydrogen-bond donors (Lipinski definition) is 2. The van der Waals surface area contributed by atoms with Crippen molar-refractivity contribution in [3.8, 4) is 11.8 Å². The molecule has 0 aliphatic carbocycles. The van der Waals surface area contributed by atoms with Gasteiger partial charge in [-0.3, -0.25) is 4.79 Å². The second kappa shape index (κ2) is 9.02. The van der Waals surface area contributed by atoms with Crippen LogP contribution in [0.5, 0.6) is 11.8 Å². The third-order valence-electron chi connectivity index (χ3n) is 3.85. The van der Waals surface area contributed by atoms with E-state index < -0.39 is 24.3 Å². The Morgan fingerprint density at radius 2 is 2.19 bits per heavy atom. The van der Waals surface area contributed by atoms with E-state index in [2.05, 4.69) is 15.6 Å². The molecule has 0 spiro atoms. The summed E-state index contributed by atoms with van der Waals surface area (Å²) in [5.41, 5.74) is 0.305. The maximum absolute atomic E-state index is 14.1. The molecule has 146 valence electrons. The maximum Gasteiger partial charge on any atom is 0.389 e. The number of halogens is 4. The Kier molecular flexibility index (Phi) is 7.01. The topological polar surface area (TPSA) is 72.5 Å². The van der Waals surface area contributed by atoms with Crippen molar-refractivity contribution in [3.63, 3.8) is 0 Å². The first-order valence-electron chi connectivity index (χ1n) is 8.24. The van der Waals surface area contributed by atoms with Gasteiger partial charge in [0.1, 0.15) is 0 Å². The van der Waals surface area contributed by atoms with E-state index >= 15 is 0 Å². The summed E-state index contributed by atoms with van der Waals surface area (Å²) < 4.78 is 60.4. The highest BCUT2D eigenvalue weighted by Gasteiger charge is 2.26. The Morgan fingerprint density at radius 1 is 1.42 bits per heavy atom. The molecule has 2 N–H and O–H groups in total. The quantitative estimate of drug-likeness (QED) is 0.536. The van der Waals surface area contributed by atoms with Crippen molar-refractivity contribution >= 4 is 5.91 Å². The van der Waals surface area contributed by atoms with Crippen LogP contribution in [-0.4, -0.2) is 43.4 Å². The minimum atomic E-state index is -4.29. The van der Waals surface area contributed by atoms with Gasteiger partial charge in [0.05, 0.1) is 19.8 Å². The van der Waals surface area contributed by atoms with Crippen LogP contribution in [0.1, 0.15) is 31.2 Å². The van der Waals surface area contributed by atoms with Crippen LogP contribution in [0.2, 0.25) is 0 Å². The zero-order valence-electron chi connectivity index (χ0n) is 14.3. The summed E-state index contributed by atoms with van der Waals surface area (Å²) in [6.45, 7) is 0.465. The van der Waals surface area contributed by atoms with E-state index in [0.29, 0.717) is 5.56 Å². The minimum Gasteiger partial charge on any atom is -0.481 e. The molecule has 1 saturated heterocycles. The molecular weight excluding hydrogens is 358 g/mol. The number of alkyl halides is 3. The van der Waals surface area contributed by atoms with Crippen LogP contribution in [0.25, 0.3) is 0 Å². The molecule has 0 bridgehead atoms. The van der Waals surface area contributed by atoms with E-state index in [0.717, 1.165) is 25.5 Å². The summed E-state index contributed by atoms with van der Waals surface area (Å²) in [6.07, 6.45) is -3.97. The first kappa shape index (κ1) is 20.2. The standard InChI is InChI=1S/C16H21F4N3O3/c1-25-14-10(9-22-13(24)12-4-2-6-21-12)8-11(17)15(23-14)26-7-3-5-16(18,19)20/h8,12,21H,2-7,9H2,1H3,(H,22,24). The van der Waals surface area contributed by atoms with Gasteiger partial charge in [-0.2, -0.15) is 18.2 Å². The van der Waals surface area contributed by atoms with Gasteiger partial charge in [0.25, 0.3) is 5.88 Å². The molecular formula is C16H21F4N3O3. The number of hydrogen-bond acceptors (Lipinski definition) is 5. The van der Waals surface area contributed by atoms with Gasteiger partial charge in [-0.1, -0.05) is 0 Å². The number of amides is 1. The molecule has 2 rings (SSSR count). The van der Waals surface area contributed by atoms with Crippen LogP contribution in [-0.2, 0) is 11.3 Å². The summed E-state index contributed by atoms with van der Waals surface area (Å²) in [7, 11) is 1.32. The summed E-state index contributed by atoms with van der Waals surface area (Å²) in [5.74, 6) is -1.42. The highest BCUT2D eigenvalue weighted by molar-refractivity contribution is 5.82. The lowest BCUT2D eigenvalue weighted by Gasteiger charge is -2.14. The lowest BCUT2D eigenvalue weighted by Crippen LogP contribution is -2.40. The fraction of sp³-hybridized carbons (Fsp3) is 0.625.